The minimum atomic E-state index is -0.259. The summed E-state index contributed by atoms with van der Waals surface area (Å²) in [6, 6.07) is 13.1. The van der Waals surface area contributed by atoms with Gasteiger partial charge >= 0.3 is 0 Å². The van der Waals surface area contributed by atoms with Crippen LogP contribution in [0.4, 0.5) is 5.69 Å². The highest BCUT2D eigenvalue weighted by molar-refractivity contribution is 6.36. The van der Waals surface area contributed by atoms with Crippen LogP contribution in [0.2, 0.25) is 10.0 Å². The summed E-state index contributed by atoms with van der Waals surface area (Å²) in [5, 5.41) is 13.0. The van der Waals surface area contributed by atoms with Gasteiger partial charge in [-0.25, -0.2) is 0 Å². The van der Waals surface area contributed by atoms with E-state index in [4.69, 9.17) is 27.9 Å². The zero-order valence-corrected chi connectivity index (χ0v) is 15.6. The number of ether oxygens (including phenoxy) is 1. The average molecular weight is 395 g/mol. The van der Waals surface area contributed by atoms with Crippen LogP contribution in [0.5, 0.6) is 5.75 Å². The van der Waals surface area contributed by atoms with Crippen LogP contribution in [0.15, 0.2) is 42.5 Å². The molecule has 7 heteroatoms. The first kappa shape index (κ1) is 19.0. The number of halogens is 2. The lowest BCUT2D eigenvalue weighted by molar-refractivity contribution is -0.121. The summed E-state index contributed by atoms with van der Waals surface area (Å²) in [7, 11) is 0. The van der Waals surface area contributed by atoms with E-state index < -0.39 is 0 Å². The number of aromatic hydroxyl groups is 1. The van der Waals surface area contributed by atoms with E-state index in [9.17, 15) is 9.90 Å². The van der Waals surface area contributed by atoms with E-state index >= 15 is 0 Å². The van der Waals surface area contributed by atoms with Gasteiger partial charge in [0.15, 0.2) is 5.75 Å². The molecular weight excluding hydrogens is 375 g/mol. The van der Waals surface area contributed by atoms with E-state index in [1.807, 2.05) is 18.2 Å². The predicted molar refractivity (Wildman–Crippen MR) is 103 cm³/mol. The number of anilines is 1. The van der Waals surface area contributed by atoms with Gasteiger partial charge in [0.1, 0.15) is 0 Å². The maximum absolute atomic E-state index is 12.3. The molecule has 1 atom stereocenters. The van der Waals surface area contributed by atoms with Crippen LogP contribution in [-0.2, 0) is 16.1 Å². The number of morpholine rings is 1. The molecule has 1 aliphatic heterocycles. The molecule has 2 N–H and O–H groups in total. The molecular formula is C19H20Cl2N2O3. The molecule has 1 heterocycles. The summed E-state index contributed by atoms with van der Waals surface area (Å²) in [6.45, 7) is 2.91. The van der Waals surface area contributed by atoms with Crippen LogP contribution in [0.1, 0.15) is 12.0 Å². The van der Waals surface area contributed by atoms with Crippen LogP contribution in [-0.4, -0.2) is 41.7 Å². The number of amides is 1. The molecule has 0 aliphatic carbocycles. The fraction of sp³-hybridized carbons (Fsp3) is 0.316. The Labute approximate surface area is 162 Å². The Morgan fingerprint density at radius 3 is 2.81 bits per heavy atom. The summed E-state index contributed by atoms with van der Waals surface area (Å²) >= 11 is 11.8. The van der Waals surface area contributed by atoms with Gasteiger partial charge in [0.25, 0.3) is 0 Å². The van der Waals surface area contributed by atoms with Crippen molar-refractivity contribution < 1.29 is 14.6 Å². The largest absolute Gasteiger partial charge is 0.504 e. The molecule has 5 nitrogen and oxygen atoms in total. The van der Waals surface area contributed by atoms with Gasteiger partial charge in [0.2, 0.25) is 5.91 Å². The van der Waals surface area contributed by atoms with Gasteiger partial charge in [-0.15, -0.1) is 0 Å². The molecule has 138 valence electrons. The normalized spacial score (nSPS) is 17.8. The van der Waals surface area contributed by atoms with E-state index in [-0.39, 0.29) is 34.9 Å². The van der Waals surface area contributed by atoms with Crippen molar-refractivity contribution in [3.8, 4) is 5.75 Å². The molecule has 2 aromatic carbocycles. The second kappa shape index (κ2) is 8.73. The van der Waals surface area contributed by atoms with Crippen molar-refractivity contribution >= 4 is 34.8 Å². The molecule has 0 radical (unpaired) electrons. The first-order valence-corrected chi connectivity index (χ1v) is 9.12. The molecule has 1 amide bonds. The Balaban J connectivity index is 1.56. The molecule has 0 spiro atoms. The highest BCUT2D eigenvalue weighted by atomic mass is 35.5. The summed E-state index contributed by atoms with van der Waals surface area (Å²) in [5.41, 5.74) is 1.43. The molecule has 3 rings (SSSR count). The topological polar surface area (TPSA) is 61.8 Å². The maximum Gasteiger partial charge on any atom is 0.227 e. The number of hydrogen-bond donors (Lipinski definition) is 2. The highest BCUT2D eigenvalue weighted by Gasteiger charge is 2.23. The summed E-state index contributed by atoms with van der Waals surface area (Å²) < 4.78 is 5.71. The lowest BCUT2D eigenvalue weighted by atomic mass is 10.1. The standard InChI is InChI=1S/C19H20Cl2N2O3/c20-14-8-16(21)19(25)17(9-14)22-18(24)10-15-12-23(6-7-26-15)11-13-4-2-1-3-5-13/h1-5,8-9,15,25H,6-7,10-12H2,(H,22,24). The number of carbonyl (C=O) groups is 1. The van der Waals surface area contributed by atoms with Crippen LogP contribution < -0.4 is 5.32 Å². The second-order valence-corrected chi connectivity index (χ2v) is 7.09. The molecule has 26 heavy (non-hydrogen) atoms. The van der Waals surface area contributed by atoms with Crippen molar-refractivity contribution in [3.05, 3.63) is 58.1 Å². The van der Waals surface area contributed by atoms with Crippen LogP contribution in [0.25, 0.3) is 0 Å². The van der Waals surface area contributed by atoms with Gasteiger partial charge in [0.05, 0.1) is 29.8 Å². The highest BCUT2D eigenvalue weighted by Crippen LogP contribution is 2.35. The number of phenols is 1. The molecule has 1 saturated heterocycles. The van der Waals surface area contributed by atoms with Crippen molar-refractivity contribution in [2.75, 3.05) is 25.0 Å². The average Bonchev–Trinajstić information content (AvgIpc) is 2.60. The Morgan fingerprint density at radius 1 is 1.27 bits per heavy atom. The van der Waals surface area contributed by atoms with Gasteiger partial charge < -0.3 is 15.2 Å². The first-order chi connectivity index (χ1) is 12.5. The van der Waals surface area contributed by atoms with E-state index in [2.05, 4.69) is 22.3 Å². The molecule has 1 unspecified atom stereocenters. The fourth-order valence-corrected chi connectivity index (χ4v) is 3.45. The minimum Gasteiger partial charge on any atom is -0.504 e. The van der Waals surface area contributed by atoms with Crippen LogP contribution >= 0.6 is 23.2 Å². The quantitative estimate of drug-likeness (QED) is 0.754. The van der Waals surface area contributed by atoms with Gasteiger partial charge in [-0.05, 0) is 17.7 Å². The van der Waals surface area contributed by atoms with Gasteiger partial charge in [0, 0.05) is 24.7 Å². The van der Waals surface area contributed by atoms with Crippen molar-refractivity contribution in [1.82, 2.24) is 4.90 Å². The zero-order valence-electron chi connectivity index (χ0n) is 14.1. The molecule has 0 bridgehead atoms. The number of benzene rings is 2. The summed E-state index contributed by atoms with van der Waals surface area (Å²) in [5.74, 6) is -0.454. The SMILES string of the molecule is O=C(CC1CN(Cc2ccccc2)CCO1)Nc1cc(Cl)cc(Cl)c1O. The fourth-order valence-electron chi connectivity index (χ4n) is 2.96. The number of nitrogens with zero attached hydrogens (tertiary/aromatic N) is 1. The van der Waals surface area contributed by atoms with E-state index in [0.29, 0.717) is 18.2 Å². The van der Waals surface area contributed by atoms with Gasteiger partial charge in [-0.1, -0.05) is 53.5 Å². The number of nitrogens with one attached hydrogen (secondary N) is 1. The van der Waals surface area contributed by atoms with Crippen LogP contribution in [0.3, 0.4) is 0 Å². The number of carbonyl (C=O) groups excluding carboxylic acids is 1. The Kier molecular flexibility index (Phi) is 6.38. The monoisotopic (exact) mass is 394 g/mol. The molecule has 1 aliphatic rings. The Morgan fingerprint density at radius 2 is 2.04 bits per heavy atom. The first-order valence-electron chi connectivity index (χ1n) is 8.37. The Bertz CT molecular complexity index is 771. The smallest absolute Gasteiger partial charge is 0.227 e. The third kappa shape index (κ3) is 5.11. The molecule has 0 saturated carbocycles. The molecule has 2 aromatic rings. The summed E-state index contributed by atoms with van der Waals surface area (Å²) in [6.07, 6.45) is -0.0150. The van der Waals surface area contributed by atoms with E-state index in [1.165, 1.54) is 17.7 Å². The van der Waals surface area contributed by atoms with E-state index in [0.717, 1.165) is 13.1 Å². The number of rotatable bonds is 5. The molecule has 0 aromatic heterocycles. The summed E-state index contributed by atoms with van der Waals surface area (Å²) in [4.78, 5) is 14.6. The second-order valence-electron chi connectivity index (χ2n) is 6.25. The van der Waals surface area contributed by atoms with Crippen molar-refractivity contribution in [2.24, 2.45) is 0 Å². The van der Waals surface area contributed by atoms with Crippen molar-refractivity contribution in [2.45, 2.75) is 19.1 Å². The predicted octanol–water partition coefficient (Wildman–Crippen LogP) is 3.93. The third-order valence-electron chi connectivity index (χ3n) is 4.19. The van der Waals surface area contributed by atoms with Crippen LogP contribution in [0, 0.1) is 0 Å². The third-order valence-corrected chi connectivity index (χ3v) is 4.69. The van der Waals surface area contributed by atoms with E-state index in [1.54, 1.807) is 0 Å². The minimum absolute atomic E-state index is 0.0933. The Hall–Kier alpha value is -1.79. The number of phenolic OH excluding ortho intramolecular Hbond substituents is 1. The number of hydrogen-bond acceptors (Lipinski definition) is 4. The lowest BCUT2D eigenvalue weighted by Crippen LogP contribution is -2.43. The maximum atomic E-state index is 12.3. The van der Waals surface area contributed by atoms with Gasteiger partial charge in [-0.3, -0.25) is 9.69 Å². The van der Waals surface area contributed by atoms with Crippen molar-refractivity contribution in [3.63, 3.8) is 0 Å². The lowest BCUT2D eigenvalue weighted by Gasteiger charge is -2.32. The van der Waals surface area contributed by atoms with Gasteiger partial charge in [-0.2, -0.15) is 0 Å². The zero-order chi connectivity index (χ0) is 18.5. The molecule has 1 fully saturated rings. The van der Waals surface area contributed by atoms with Crippen molar-refractivity contribution in [1.29, 1.82) is 0 Å².